The van der Waals surface area contributed by atoms with Crippen molar-refractivity contribution >= 4 is 21.6 Å². The maximum atomic E-state index is 13.9. The van der Waals surface area contributed by atoms with Crippen LogP contribution in [-0.2, 0) is 20.2 Å². The molecule has 6 nitrogen and oxygen atoms in total. The first-order chi connectivity index (χ1) is 15.3. The first kappa shape index (κ1) is 22.9. The Morgan fingerprint density at radius 2 is 1.72 bits per heavy atom. The lowest BCUT2D eigenvalue weighted by Gasteiger charge is -2.33. The standard InChI is InChI=1S/C24H30FN3O3S/c1-2-27-13-15-28(16-14-27)32(30,31)22-10-6-9-21(18-22)26-23(29)24(11-3-4-12-24)19-7-5-8-20(25)17-19/h5-10,17-18H,2-4,11-16H2,1H3,(H,26,29). The van der Waals surface area contributed by atoms with Gasteiger partial charge in [0, 0.05) is 31.9 Å². The van der Waals surface area contributed by atoms with Gasteiger partial charge in [0.05, 0.1) is 10.3 Å². The van der Waals surface area contributed by atoms with Gasteiger partial charge in [0.2, 0.25) is 15.9 Å². The fourth-order valence-electron chi connectivity index (χ4n) is 4.83. The fraction of sp³-hybridized carbons (Fsp3) is 0.458. The van der Waals surface area contributed by atoms with Crippen molar-refractivity contribution in [3.05, 3.63) is 59.9 Å². The largest absolute Gasteiger partial charge is 0.325 e. The zero-order valence-corrected chi connectivity index (χ0v) is 19.2. The number of sulfonamides is 1. The van der Waals surface area contributed by atoms with E-state index in [9.17, 15) is 17.6 Å². The van der Waals surface area contributed by atoms with E-state index < -0.39 is 15.4 Å². The van der Waals surface area contributed by atoms with Crippen LogP contribution in [0, 0.1) is 5.82 Å². The molecule has 2 aliphatic rings. The molecule has 2 aromatic carbocycles. The third-order valence-electron chi connectivity index (χ3n) is 6.78. The van der Waals surface area contributed by atoms with Crippen LogP contribution in [0.1, 0.15) is 38.2 Å². The highest BCUT2D eigenvalue weighted by molar-refractivity contribution is 7.89. The van der Waals surface area contributed by atoms with Gasteiger partial charge in [-0.05, 0) is 55.3 Å². The van der Waals surface area contributed by atoms with Crippen LogP contribution in [0.3, 0.4) is 0 Å². The van der Waals surface area contributed by atoms with E-state index in [1.165, 1.54) is 22.5 Å². The summed E-state index contributed by atoms with van der Waals surface area (Å²) < 4.78 is 41.7. The fourth-order valence-corrected chi connectivity index (χ4v) is 6.30. The van der Waals surface area contributed by atoms with Gasteiger partial charge in [0.1, 0.15) is 5.82 Å². The first-order valence-corrected chi connectivity index (χ1v) is 12.7. The van der Waals surface area contributed by atoms with Gasteiger partial charge in [-0.2, -0.15) is 4.31 Å². The lowest BCUT2D eigenvalue weighted by Crippen LogP contribution is -2.48. The maximum Gasteiger partial charge on any atom is 0.243 e. The predicted molar refractivity (Wildman–Crippen MR) is 122 cm³/mol. The summed E-state index contributed by atoms with van der Waals surface area (Å²) in [6.45, 7) is 5.30. The normalized spacial score (nSPS) is 19.7. The monoisotopic (exact) mass is 459 g/mol. The number of likely N-dealkylation sites (N-methyl/N-ethyl adjacent to an activating group) is 1. The van der Waals surface area contributed by atoms with E-state index in [4.69, 9.17) is 0 Å². The van der Waals surface area contributed by atoms with Gasteiger partial charge in [-0.3, -0.25) is 4.79 Å². The Bertz CT molecular complexity index is 1080. The molecule has 0 unspecified atom stereocenters. The predicted octanol–water partition coefficient (Wildman–Crippen LogP) is 3.60. The summed E-state index contributed by atoms with van der Waals surface area (Å²) in [5.41, 5.74) is 0.309. The molecule has 1 aliphatic carbocycles. The third kappa shape index (κ3) is 4.44. The minimum Gasteiger partial charge on any atom is -0.325 e. The van der Waals surface area contributed by atoms with E-state index in [1.807, 2.05) is 0 Å². The number of carbonyl (C=O) groups excluding carboxylic acids is 1. The van der Waals surface area contributed by atoms with Crippen molar-refractivity contribution in [1.29, 1.82) is 0 Å². The van der Waals surface area contributed by atoms with Crippen LogP contribution in [0.25, 0.3) is 0 Å². The summed E-state index contributed by atoms with van der Waals surface area (Å²) >= 11 is 0. The van der Waals surface area contributed by atoms with Crippen molar-refractivity contribution in [2.75, 3.05) is 38.0 Å². The van der Waals surface area contributed by atoms with E-state index in [2.05, 4.69) is 17.1 Å². The molecule has 2 fully saturated rings. The number of rotatable bonds is 6. The van der Waals surface area contributed by atoms with Crippen LogP contribution >= 0.6 is 0 Å². The zero-order chi connectivity index (χ0) is 22.8. The van der Waals surface area contributed by atoms with Gasteiger partial charge in [-0.1, -0.05) is 38.0 Å². The van der Waals surface area contributed by atoms with Crippen molar-refractivity contribution in [2.45, 2.75) is 42.9 Å². The molecule has 1 N–H and O–H groups in total. The third-order valence-corrected chi connectivity index (χ3v) is 8.67. The number of benzene rings is 2. The molecule has 8 heteroatoms. The molecule has 0 bridgehead atoms. The second-order valence-corrected chi connectivity index (χ2v) is 10.6. The highest BCUT2D eigenvalue weighted by atomic mass is 32.2. The number of amides is 1. The number of nitrogens with one attached hydrogen (secondary N) is 1. The van der Waals surface area contributed by atoms with E-state index >= 15 is 0 Å². The number of hydrogen-bond donors (Lipinski definition) is 1. The van der Waals surface area contributed by atoms with Crippen molar-refractivity contribution < 1.29 is 17.6 Å². The molecule has 1 saturated carbocycles. The van der Waals surface area contributed by atoms with E-state index in [1.54, 1.807) is 30.3 Å². The molecular weight excluding hydrogens is 429 g/mol. The number of carbonyl (C=O) groups is 1. The van der Waals surface area contributed by atoms with E-state index in [0.717, 1.165) is 19.4 Å². The van der Waals surface area contributed by atoms with E-state index in [0.29, 0.717) is 50.3 Å². The highest BCUT2D eigenvalue weighted by Crippen LogP contribution is 2.42. The Labute approximate surface area is 189 Å². The molecule has 1 heterocycles. The van der Waals surface area contributed by atoms with Gasteiger partial charge in [0.15, 0.2) is 0 Å². The molecule has 0 spiro atoms. The summed E-state index contributed by atoms with van der Waals surface area (Å²) in [6.07, 6.45) is 3.06. The van der Waals surface area contributed by atoms with Crippen molar-refractivity contribution in [3.8, 4) is 0 Å². The number of piperazine rings is 1. The number of anilines is 1. The molecule has 1 amide bonds. The van der Waals surface area contributed by atoms with Gasteiger partial charge in [-0.25, -0.2) is 12.8 Å². The van der Waals surface area contributed by atoms with Crippen molar-refractivity contribution in [3.63, 3.8) is 0 Å². The van der Waals surface area contributed by atoms with Gasteiger partial charge >= 0.3 is 0 Å². The first-order valence-electron chi connectivity index (χ1n) is 11.3. The second-order valence-electron chi connectivity index (χ2n) is 8.62. The van der Waals surface area contributed by atoms with Crippen LogP contribution in [0.15, 0.2) is 53.4 Å². The topological polar surface area (TPSA) is 69.7 Å². The lowest BCUT2D eigenvalue weighted by molar-refractivity contribution is -0.121. The molecule has 4 rings (SSSR count). The summed E-state index contributed by atoms with van der Waals surface area (Å²) in [6, 6.07) is 12.7. The lowest BCUT2D eigenvalue weighted by atomic mass is 9.78. The van der Waals surface area contributed by atoms with Gasteiger partial charge in [-0.15, -0.1) is 0 Å². The Hall–Kier alpha value is -2.29. The van der Waals surface area contributed by atoms with Crippen LogP contribution in [0.4, 0.5) is 10.1 Å². The molecule has 2 aromatic rings. The number of hydrogen-bond acceptors (Lipinski definition) is 4. The van der Waals surface area contributed by atoms with Crippen molar-refractivity contribution in [2.24, 2.45) is 0 Å². The summed E-state index contributed by atoms with van der Waals surface area (Å²) in [4.78, 5) is 15.8. The highest BCUT2D eigenvalue weighted by Gasteiger charge is 2.43. The minimum absolute atomic E-state index is 0.173. The van der Waals surface area contributed by atoms with Crippen LogP contribution < -0.4 is 5.32 Å². The molecule has 1 saturated heterocycles. The van der Waals surface area contributed by atoms with Gasteiger partial charge in [0.25, 0.3) is 0 Å². The second kappa shape index (κ2) is 9.29. The van der Waals surface area contributed by atoms with Crippen LogP contribution in [0.5, 0.6) is 0 Å². The smallest absolute Gasteiger partial charge is 0.243 e. The summed E-state index contributed by atoms with van der Waals surface area (Å²) in [5.74, 6) is -0.579. The average Bonchev–Trinajstić information content (AvgIpc) is 3.31. The molecule has 1 aliphatic heterocycles. The summed E-state index contributed by atoms with van der Waals surface area (Å²) in [7, 11) is -3.64. The zero-order valence-electron chi connectivity index (χ0n) is 18.4. The maximum absolute atomic E-state index is 13.9. The SMILES string of the molecule is CCN1CCN(S(=O)(=O)c2cccc(NC(=O)C3(c4cccc(F)c4)CCCC3)c2)CC1. The Morgan fingerprint density at radius 3 is 2.38 bits per heavy atom. The Kier molecular flexibility index (Phi) is 6.65. The number of nitrogens with zero attached hydrogens (tertiary/aromatic N) is 2. The molecule has 32 heavy (non-hydrogen) atoms. The molecule has 0 atom stereocenters. The molecule has 172 valence electrons. The summed E-state index contributed by atoms with van der Waals surface area (Å²) in [5, 5.41) is 2.92. The van der Waals surface area contributed by atoms with Gasteiger partial charge < -0.3 is 10.2 Å². The average molecular weight is 460 g/mol. The number of halogens is 1. The molecule has 0 aromatic heterocycles. The van der Waals surface area contributed by atoms with Crippen LogP contribution in [-0.4, -0.2) is 56.3 Å². The Morgan fingerprint density at radius 1 is 1.03 bits per heavy atom. The van der Waals surface area contributed by atoms with E-state index in [-0.39, 0.29) is 16.6 Å². The Balaban J connectivity index is 1.55. The molecule has 0 radical (unpaired) electrons. The molecular formula is C24H30FN3O3S. The quantitative estimate of drug-likeness (QED) is 0.717. The van der Waals surface area contributed by atoms with Crippen molar-refractivity contribution in [1.82, 2.24) is 9.21 Å². The van der Waals surface area contributed by atoms with Crippen LogP contribution in [0.2, 0.25) is 0 Å². The minimum atomic E-state index is -3.64.